The minimum atomic E-state index is -4.54. The van der Waals surface area contributed by atoms with Crippen LogP contribution in [0.15, 0.2) is 16.9 Å². The van der Waals surface area contributed by atoms with Gasteiger partial charge in [-0.2, -0.15) is 13.2 Å². The van der Waals surface area contributed by atoms with Crippen molar-refractivity contribution in [3.8, 4) is 0 Å². The van der Waals surface area contributed by atoms with Crippen LogP contribution in [-0.2, 0) is 11.2 Å². The predicted molar refractivity (Wildman–Crippen MR) is 107 cm³/mol. The Hall–Kier alpha value is -1.37. The van der Waals surface area contributed by atoms with E-state index in [-0.39, 0.29) is 48.2 Å². The highest BCUT2D eigenvalue weighted by Crippen LogP contribution is 2.65. The second kappa shape index (κ2) is 7.32. The molecule has 0 aliphatic heterocycles. The average Bonchev–Trinajstić information content (AvgIpc) is 3.33. The van der Waals surface area contributed by atoms with Gasteiger partial charge in [-0.3, -0.25) is 4.79 Å². The average molecular weight is 440 g/mol. The molecule has 1 aromatic rings. The lowest BCUT2D eigenvalue weighted by atomic mass is 9.48. The number of nitrogens with zero attached hydrogens (tertiary/aromatic N) is 1. The number of carbonyl (C=O) groups excluding carboxylic acids is 1. The van der Waals surface area contributed by atoms with Gasteiger partial charge < -0.3 is 9.52 Å². The molecule has 172 valence electrons. The van der Waals surface area contributed by atoms with Crippen LogP contribution in [0.2, 0.25) is 0 Å². The number of carbonyl (C=O) groups is 1. The van der Waals surface area contributed by atoms with E-state index in [1.54, 1.807) is 6.20 Å². The maximum Gasteiger partial charge on any atom is 0.417 e. The minimum absolute atomic E-state index is 0.0183. The molecule has 0 spiro atoms. The lowest BCUT2D eigenvalue weighted by Gasteiger charge is -2.57. The Morgan fingerprint density at radius 3 is 2.61 bits per heavy atom. The van der Waals surface area contributed by atoms with Crippen LogP contribution < -0.4 is 0 Å². The van der Waals surface area contributed by atoms with E-state index in [1.807, 2.05) is 0 Å². The summed E-state index contributed by atoms with van der Waals surface area (Å²) >= 11 is 0. The molecule has 4 fully saturated rings. The van der Waals surface area contributed by atoms with Crippen molar-refractivity contribution in [2.75, 3.05) is 0 Å². The molecule has 7 heteroatoms. The molecule has 31 heavy (non-hydrogen) atoms. The molecule has 1 heterocycles. The van der Waals surface area contributed by atoms with Crippen LogP contribution in [0.25, 0.3) is 0 Å². The van der Waals surface area contributed by atoms with Crippen molar-refractivity contribution in [1.29, 1.82) is 0 Å². The molecule has 0 aromatic carbocycles. The largest absolute Gasteiger partial charge is 0.449 e. The first-order valence-electron chi connectivity index (χ1n) is 11.8. The normalized spacial score (nSPS) is 44.9. The monoisotopic (exact) mass is 439 g/mol. The third kappa shape index (κ3) is 3.37. The molecular formula is C24H32F3NO3. The number of halogens is 3. The molecule has 8 atom stereocenters. The Balaban J connectivity index is 1.30. The minimum Gasteiger partial charge on any atom is -0.449 e. The number of hydrogen-bond acceptors (Lipinski definition) is 4. The van der Waals surface area contributed by atoms with Crippen molar-refractivity contribution >= 4 is 5.78 Å². The number of fused-ring (bicyclic) bond motifs is 5. The third-order valence-electron chi connectivity index (χ3n) is 9.74. The molecular weight excluding hydrogens is 407 g/mol. The molecule has 4 aliphatic carbocycles. The van der Waals surface area contributed by atoms with Gasteiger partial charge in [0.2, 0.25) is 5.89 Å². The fourth-order valence-electron chi connectivity index (χ4n) is 8.28. The number of oxazole rings is 1. The zero-order valence-corrected chi connectivity index (χ0v) is 18.0. The smallest absolute Gasteiger partial charge is 0.417 e. The van der Waals surface area contributed by atoms with Gasteiger partial charge in [-0.05, 0) is 92.8 Å². The molecule has 8 unspecified atom stereocenters. The van der Waals surface area contributed by atoms with Crippen molar-refractivity contribution in [2.45, 2.75) is 82.9 Å². The molecule has 1 aromatic heterocycles. The standard InChI is InChI=1S/C24H32F3NO3/c1-22-8-6-16-15-7-9-23(30,24(25,26)27)13-14(15)2-3-17(16)18(22)4-5-19(22)20(29)12-21-28-10-11-31-21/h10-11,14-19,30H,2-9,12-13H2,1H3. The maximum absolute atomic E-state index is 13.4. The Morgan fingerprint density at radius 2 is 1.90 bits per heavy atom. The highest BCUT2D eigenvalue weighted by molar-refractivity contribution is 5.83. The summed E-state index contributed by atoms with van der Waals surface area (Å²) in [6, 6.07) is 0. The van der Waals surface area contributed by atoms with E-state index in [1.165, 1.54) is 6.26 Å². The molecule has 4 saturated carbocycles. The van der Waals surface area contributed by atoms with Crippen LogP contribution in [0.4, 0.5) is 13.2 Å². The van der Waals surface area contributed by atoms with Crippen LogP contribution in [0.3, 0.4) is 0 Å². The number of ketones is 1. The van der Waals surface area contributed by atoms with Gasteiger partial charge >= 0.3 is 6.18 Å². The Bertz CT molecular complexity index is 825. The highest BCUT2D eigenvalue weighted by atomic mass is 19.4. The van der Waals surface area contributed by atoms with Crippen molar-refractivity contribution in [3.63, 3.8) is 0 Å². The van der Waals surface area contributed by atoms with E-state index in [0.29, 0.717) is 30.1 Å². The summed E-state index contributed by atoms with van der Waals surface area (Å²) in [5.41, 5.74) is -2.53. The zero-order chi connectivity index (χ0) is 22.0. The van der Waals surface area contributed by atoms with E-state index in [4.69, 9.17) is 4.42 Å². The summed E-state index contributed by atoms with van der Waals surface area (Å²) in [7, 11) is 0. The summed E-state index contributed by atoms with van der Waals surface area (Å²) in [5.74, 6) is 2.37. The Morgan fingerprint density at radius 1 is 1.13 bits per heavy atom. The van der Waals surface area contributed by atoms with Crippen LogP contribution in [-0.4, -0.2) is 27.7 Å². The summed E-state index contributed by atoms with van der Waals surface area (Å²) < 4.78 is 45.5. The summed E-state index contributed by atoms with van der Waals surface area (Å²) in [4.78, 5) is 17.2. The van der Waals surface area contributed by atoms with Gasteiger partial charge in [0.25, 0.3) is 0 Å². The number of alkyl halides is 3. The lowest BCUT2D eigenvalue weighted by molar-refractivity contribution is -0.282. The van der Waals surface area contributed by atoms with E-state index in [0.717, 1.165) is 38.5 Å². The first kappa shape index (κ1) is 21.5. The molecule has 0 amide bonds. The first-order chi connectivity index (χ1) is 14.6. The SMILES string of the molecule is CC12CCC3C4CCC(O)(C(F)(F)F)CC4CCC3C1CCC2C(=O)Cc1ncco1. The molecule has 4 aliphatic rings. The van der Waals surface area contributed by atoms with E-state index < -0.39 is 11.8 Å². The van der Waals surface area contributed by atoms with Crippen molar-refractivity contribution in [2.24, 2.45) is 40.9 Å². The molecule has 4 nitrogen and oxygen atoms in total. The lowest BCUT2D eigenvalue weighted by Crippen LogP contribution is -2.55. The van der Waals surface area contributed by atoms with Gasteiger partial charge in [0, 0.05) is 5.92 Å². The van der Waals surface area contributed by atoms with Crippen molar-refractivity contribution in [1.82, 2.24) is 4.98 Å². The van der Waals surface area contributed by atoms with Gasteiger partial charge in [0.1, 0.15) is 12.0 Å². The van der Waals surface area contributed by atoms with E-state index in [2.05, 4.69) is 11.9 Å². The number of hydrogen-bond donors (Lipinski definition) is 1. The molecule has 1 N–H and O–H groups in total. The quantitative estimate of drug-likeness (QED) is 0.690. The molecule has 0 saturated heterocycles. The van der Waals surface area contributed by atoms with Crippen LogP contribution >= 0.6 is 0 Å². The number of aliphatic hydroxyl groups is 1. The van der Waals surface area contributed by atoms with Gasteiger partial charge in [-0.1, -0.05) is 6.92 Å². The topological polar surface area (TPSA) is 63.3 Å². The van der Waals surface area contributed by atoms with Crippen molar-refractivity contribution in [3.05, 3.63) is 18.4 Å². The first-order valence-corrected chi connectivity index (χ1v) is 11.8. The zero-order valence-electron chi connectivity index (χ0n) is 18.0. The predicted octanol–water partition coefficient (Wildman–Crippen LogP) is 5.35. The van der Waals surface area contributed by atoms with Crippen LogP contribution in [0.1, 0.15) is 70.6 Å². The van der Waals surface area contributed by atoms with Crippen LogP contribution in [0.5, 0.6) is 0 Å². The number of Topliss-reactive ketones (excluding diaryl/α,β-unsaturated/α-hetero) is 1. The van der Waals surface area contributed by atoms with Gasteiger partial charge in [0.05, 0.1) is 12.6 Å². The van der Waals surface area contributed by atoms with E-state index in [9.17, 15) is 23.1 Å². The Labute approximate surface area is 181 Å². The van der Waals surface area contributed by atoms with Gasteiger partial charge in [-0.25, -0.2) is 4.98 Å². The highest BCUT2D eigenvalue weighted by Gasteiger charge is 2.62. The number of aromatic nitrogens is 1. The molecule has 0 bridgehead atoms. The van der Waals surface area contributed by atoms with E-state index >= 15 is 0 Å². The van der Waals surface area contributed by atoms with Crippen LogP contribution in [0, 0.1) is 40.9 Å². The summed E-state index contributed by atoms with van der Waals surface area (Å²) in [6.07, 6.45) is 4.52. The fourth-order valence-corrected chi connectivity index (χ4v) is 8.28. The number of rotatable bonds is 3. The molecule has 0 radical (unpaired) electrons. The van der Waals surface area contributed by atoms with Gasteiger partial charge in [-0.15, -0.1) is 0 Å². The second-order valence-electron chi connectivity index (χ2n) is 11.0. The summed E-state index contributed by atoms with van der Waals surface area (Å²) in [5, 5.41) is 10.3. The van der Waals surface area contributed by atoms with Crippen molar-refractivity contribution < 1.29 is 27.5 Å². The third-order valence-corrected chi connectivity index (χ3v) is 9.74. The Kier molecular flexibility index (Phi) is 5.07. The second-order valence-corrected chi connectivity index (χ2v) is 11.0. The fraction of sp³-hybridized carbons (Fsp3) is 0.833. The molecule has 5 rings (SSSR count). The maximum atomic E-state index is 13.4. The van der Waals surface area contributed by atoms with Gasteiger partial charge in [0.15, 0.2) is 5.60 Å². The summed E-state index contributed by atoms with van der Waals surface area (Å²) in [6.45, 7) is 2.27.